The van der Waals surface area contributed by atoms with Gasteiger partial charge in [-0.2, -0.15) is 10.4 Å². The number of halogens is 1. The standard InChI is InChI=1S/C17H15FN4O/c1-21-9-7-14(11-19)10-16(21)22-17(6-8-20-22)23-12-13-2-4-15(18)5-3-13/h2-10,16H,12H2,1H3. The van der Waals surface area contributed by atoms with Crippen LogP contribution >= 0.6 is 0 Å². The van der Waals surface area contributed by atoms with Gasteiger partial charge in [0.15, 0.2) is 0 Å². The molecule has 2 aromatic rings. The fourth-order valence-corrected chi connectivity index (χ4v) is 2.29. The summed E-state index contributed by atoms with van der Waals surface area (Å²) in [5, 5.41) is 13.3. The van der Waals surface area contributed by atoms with Gasteiger partial charge in [0.1, 0.15) is 18.6 Å². The van der Waals surface area contributed by atoms with E-state index in [9.17, 15) is 4.39 Å². The molecule has 0 amide bonds. The van der Waals surface area contributed by atoms with Crippen LogP contribution in [0.2, 0.25) is 0 Å². The minimum Gasteiger partial charge on any atom is -0.473 e. The maximum atomic E-state index is 12.9. The predicted molar refractivity (Wildman–Crippen MR) is 82.6 cm³/mol. The van der Waals surface area contributed by atoms with E-state index >= 15 is 0 Å². The first-order valence-electron chi connectivity index (χ1n) is 7.10. The Balaban J connectivity index is 1.77. The molecule has 23 heavy (non-hydrogen) atoms. The average molecular weight is 310 g/mol. The highest BCUT2D eigenvalue weighted by molar-refractivity contribution is 5.36. The van der Waals surface area contributed by atoms with Gasteiger partial charge in [-0.1, -0.05) is 12.1 Å². The van der Waals surface area contributed by atoms with Crippen LogP contribution in [0, 0.1) is 17.1 Å². The summed E-state index contributed by atoms with van der Waals surface area (Å²) in [4.78, 5) is 1.93. The molecule has 0 saturated carbocycles. The second kappa shape index (κ2) is 6.36. The fourth-order valence-electron chi connectivity index (χ4n) is 2.29. The van der Waals surface area contributed by atoms with Crippen molar-refractivity contribution in [1.82, 2.24) is 14.7 Å². The number of rotatable bonds is 4. The summed E-state index contributed by atoms with van der Waals surface area (Å²) < 4.78 is 20.4. The molecule has 116 valence electrons. The highest BCUT2D eigenvalue weighted by Crippen LogP contribution is 2.25. The van der Waals surface area contributed by atoms with E-state index in [1.807, 2.05) is 24.2 Å². The summed E-state index contributed by atoms with van der Waals surface area (Å²) in [5.74, 6) is 0.304. The zero-order valence-corrected chi connectivity index (χ0v) is 12.6. The minimum absolute atomic E-state index is 0.229. The third-order valence-electron chi connectivity index (χ3n) is 3.55. The van der Waals surface area contributed by atoms with Gasteiger partial charge in [0, 0.05) is 19.3 Å². The van der Waals surface area contributed by atoms with Gasteiger partial charge in [-0.15, -0.1) is 0 Å². The highest BCUT2D eigenvalue weighted by atomic mass is 19.1. The van der Waals surface area contributed by atoms with Crippen molar-refractivity contribution < 1.29 is 9.13 Å². The van der Waals surface area contributed by atoms with E-state index in [4.69, 9.17) is 10.00 Å². The van der Waals surface area contributed by atoms with Crippen molar-refractivity contribution in [3.05, 3.63) is 71.8 Å². The molecule has 0 radical (unpaired) electrons. The Bertz CT molecular complexity index is 786. The van der Waals surface area contributed by atoms with E-state index in [0.717, 1.165) is 5.56 Å². The number of hydrogen-bond acceptors (Lipinski definition) is 4. The maximum Gasteiger partial charge on any atom is 0.214 e. The van der Waals surface area contributed by atoms with Crippen LogP contribution in [0.4, 0.5) is 4.39 Å². The molecule has 5 nitrogen and oxygen atoms in total. The molecular formula is C17H15FN4O. The van der Waals surface area contributed by atoms with Gasteiger partial charge < -0.3 is 9.64 Å². The largest absolute Gasteiger partial charge is 0.473 e. The van der Waals surface area contributed by atoms with E-state index in [1.165, 1.54) is 12.1 Å². The Morgan fingerprint density at radius 2 is 2.09 bits per heavy atom. The van der Waals surface area contributed by atoms with Gasteiger partial charge >= 0.3 is 0 Å². The smallest absolute Gasteiger partial charge is 0.214 e. The molecule has 0 spiro atoms. The van der Waals surface area contributed by atoms with Gasteiger partial charge in [-0.05, 0) is 29.8 Å². The minimum atomic E-state index is -0.274. The third kappa shape index (κ3) is 3.24. The molecular weight excluding hydrogens is 295 g/mol. The number of ether oxygens (including phenoxy) is 1. The molecule has 0 saturated heterocycles. The molecule has 1 aliphatic rings. The Morgan fingerprint density at radius 3 is 2.83 bits per heavy atom. The monoisotopic (exact) mass is 310 g/mol. The molecule has 1 unspecified atom stereocenters. The Labute approximate surface area is 133 Å². The molecule has 0 bridgehead atoms. The number of hydrogen-bond donors (Lipinski definition) is 0. The maximum absolute atomic E-state index is 12.9. The van der Waals surface area contributed by atoms with Crippen molar-refractivity contribution in [2.24, 2.45) is 0 Å². The Kier molecular flexibility index (Phi) is 4.11. The van der Waals surface area contributed by atoms with E-state index in [2.05, 4.69) is 11.2 Å². The molecule has 1 aromatic heterocycles. The zero-order valence-electron chi connectivity index (χ0n) is 12.6. The molecule has 6 heteroatoms. The molecule has 0 aliphatic carbocycles. The SMILES string of the molecule is CN1C=CC(C#N)=CC1n1nccc1OCc1ccc(F)cc1. The first kappa shape index (κ1) is 14.9. The number of nitrogens with zero attached hydrogens (tertiary/aromatic N) is 4. The van der Waals surface area contributed by atoms with Gasteiger partial charge in [0.25, 0.3) is 0 Å². The van der Waals surface area contributed by atoms with Crippen molar-refractivity contribution in [1.29, 1.82) is 5.26 Å². The summed E-state index contributed by atoms with van der Waals surface area (Å²) in [5.41, 5.74) is 1.44. The van der Waals surface area contributed by atoms with Crippen LogP contribution in [-0.2, 0) is 6.61 Å². The molecule has 0 N–H and O–H groups in total. The highest BCUT2D eigenvalue weighted by Gasteiger charge is 2.20. The van der Waals surface area contributed by atoms with Crippen molar-refractivity contribution in [3.8, 4) is 11.9 Å². The third-order valence-corrected chi connectivity index (χ3v) is 3.55. The van der Waals surface area contributed by atoms with Crippen LogP contribution in [0.15, 0.2) is 60.5 Å². The lowest BCUT2D eigenvalue weighted by molar-refractivity contribution is 0.217. The normalized spacial score (nSPS) is 16.8. The number of nitriles is 1. The number of aromatic nitrogens is 2. The summed E-state index contributed by atoms with van der Waals surface area (Å²) in [6, 6.07) is 10.0. The fraction of sp³-hybridized carbons (Fsp3) is 0.176. The van der Waals surface area contributed by atoms with Crippen LogP contribution in [-0.4, -0.2) is 21.7 Å². The van der Waals surface area contributed by atoms with Crippen LogP contribution in [0.3, 0.4) is 0 Å². The summed E-state index contributed by atoms with van der Waals surface area (Å²) in [6.07, 6.45) is 6.81. The molecule has 3 rings (SSSR count). The van der Waals surface area contributed by atoms with E-state index in [-0.39, 0.29) is 12.0 Å². The molecule has 1 aliphatic heterocycles. The second-order valence-electron chi connectivity index (χ2n) is 5.16. The van der Waals surface area contributed by atoms with Crippen molar-refractivity contribution in [2.75, 3.05) is 7.05 Å². The average Bonchev–Trinajstić information content (AvgIpc) is 3.03. The first-order chi connectivity index (χ1) is 11.2. The van der Waals surface area contributed by atoms with Crippen molar-refractivity contribution in [2.45, 2.75) is 12.8 Å². The summed E-state index contributed by atoms with van der Waals surface area (Å²) in [7, 11) is 1.90. The second-order valence-corrected chi connectivity index (χ2v) is 5.16. The van der Waals surface area contributed by atoms with Crippen LogP contribution in [0.1, 0.15) is 11.7 Å². The Morgan fingerprint density at radius 1 is 1.30 bits per heavy atom. The molecule has 1 atom stereocenters. The number of allylic oxidation sites excluding steroid dienone is 2. The quantitative estimate of drug-likeness (QED) is 0.871. The van der Waals surface area contributed by atoms with E-state index < -0.39 is 0 Å². The van der Waals surface area contributed by atoms with E-state index in [1.54, 1.807) is 35.2 Å². The van der Waals surface area contributed by atoms with Gasteiger partial charge in [-0.25, -0.2) is 9.07 Å². The topological polar surface area (TPSA) is 54.1 Å². The zero-order chi connectivity index (χ0) is 16.2. The summed E-state index contributed by atoms with van der Waals surface area (Å²) in [6.45, 7) is 0.313. The van der Waals surface area contributed by atoms with Crippen LogP contribution < -0.4 is 4.74 Å². The van der Waals surface area contributed by atoms with Gasteiger partial charge in [0.2, 0.25) is 5.88 Å². The Hall–Kier alpha value is -3.07. The van der Waals surface area contributed by atoms with Gasteiger partial charge in [-0.3, -0.25) is 0 Å². The summed E-state index contributed by atoms with van der Waals surface area (Å²) >= 11 is 0. The van der Waals surface area contributed by atoms with Crippen molar-refractivity contribution in [3.63, 3.8) is 0 Å². The van der Waals surface area contributed by atoms with Crippen molar-refractivity contribution >= 4 is 0 Å². The van der Waals surface area contributed by atoms with Crippen LogP contribution in [0.5, 0.6) is 5.88 Å². The van der Waals surface area contributed by atoms with Crippen LogP contribution in [0.25, 0.3) is 0 Å². The van der Waals surface area contributed by atoms with E-state index in [0.29, 0.717) is 18.1 Å². The lowest BCUT2D eigenvalue weighted by atomic mass is 10.2. The predicted octanol–water partition coefficient (Wildman–Crippen LogP) is 3.01. The lowest BCUT2D eigenvalue weighted by Crippen LogP contribution is -2.26. The first-order valence-corrected chi connectivity index (χ1v) is 7.10. The number of benzene rings is 1. The number of likely N-dealkylation sites (N-methyl/N-ethyl adjacent to an activating group) is 1. The van der Waals surface area contributed by atoms with Gasteiger partial charge in [0.05, 0.1) is 17.8 Å². The lowest BCUT2D eigenvalue weighted by Gasteiger charge is -2.28. The molecule has 0 fully saturated rings. The molecule has 1 aromatic carbocycles. The molecule has 2 heterocycles.